The summed E-state index contributed by atoms with van der Waals surface area (Å²) in [5, 5.41) is 8.62. The van der Waals surface area contributed by atoms with Crippen LogP contribution in [0.15, 0.2) is 53.4 Å². The first-order chi connectivity index (χ1) is 21.2. The molecule has 45 heavy (non-hydrogen) atoms. The Morgan fingerprint density at radius 1 is 1.09 bits per heavy atom. The summed E-state index contributed by atoms with van der Waals surface area (Å²) in [6.07, 6.45) is -4.27. The molecule has 0 bridgehead atoms. The van der Waals surface area contributed by atoms with Gasteiger partial charge in [-0.05, 0) is 91.6 Å². The number of sulfonamides is 1. The van der Waals surface area contributed by atoms with E-state index < -0.39 is 27.7 Å². The molecule has 0 fully saturated rings. The third kappa shape index (κ3) is 6.48. The SMILES string of the molecule is CCOC(=O)C[C@@H](c1ccc(C)c(CN2C[C@@H](C)Cc3ccc(C(F)(F)F)cc3S2(=O)=O)c1)c1ccc2c(nnn2CC)c1C. The van der Waals surface area contributed by atoms with Gasteiger partial charge in [-0.15, -0.1) is 5.10 Å². The average Bonchev–Trinajstić information content (AvgIpc) is 3.37. The maximum atomic E-state index is 13.9. The van der Waals surface area contributed by atoms with Crippen LogP contribution in [0.25, 0.3) is 11.0 Å². The number of alkyl halides is 3. The summed E-state index contributed by atoms with van der Waals surface area (Å²) in [6, 6.07) is 12.6. The van der Waals surface area contributed by atoms with Crippen molar-refractivity contribution in [2.45, 2.75) is 77.5 Å². The van der Waals surface area contributed by atoms with Gasteiger partial charge in [0.15, 0.2) is 0 Å². The van der Waals surface area contributed by atoms with Crippen LogP contribution >= 0.6 is 0 Å². The Morgan fingerprint density at radius 2 is 1.84 bits per heavy atom. The fourth-order valence-electron chi connectivity index (χ4n) is 6.17. The summed E-state index contributed by atoms with van der Waals surface area (Å²) in [5.41, 5.74) is 5.06. The Labute approximate surface area is 261 Å². The lowest BCUT2D eigenvalue weighted by Crippen LogP contribution is -2.33. The summed E-state index contributed by atoms with van der Waals surface area (Å²) in [5.74, 6) is -0.916. The third-order valence-electron chi connectivity index (χ3n) is 8.55. The van der Waals surface area contributed by atoms with Gasteiger partial charge >= 0.3 is 12.1 Å². The molecule has 1 aliphatic heterocycles. The van der Waals surface area contributed by atoms with Crippen LogP contribution in [0.5, 0.6) is 0 Å². The molecule has 8 nitrogen and oxygen atoms in total. The van der Waals surface area contributed by atoms with Gasteiger partial charge in [-0.3, -0.25) is 4.79 Å². The Hall–Kier alpha value is -3.77. The molecule has 3 aromatic carbocycles. The quantitative estimate of drug-likeness (QED) is 0.202. The average molecular weight is 643 g/mol. The van der Waals surface area contributed by atoms with E-state index in [1.807, 2.05) is 58.0 Å². The topological polar surface area (TPSA) is 94.4 Å². The van der Waals surface area contributed by atoms with E-state index in [-0.39, 0.29) is 42.9 Å². The Bertz CT molecular complexity index is 1850. The van der Waals surface area contributed by atoms with Crippen LogP contribution in [-0.4, -0.2) is 46.8 Å². The first-order valence-electron chi connectivity index (χ1n) is 15.0. The number of halogens is 3. The van der Waals surface area contributed by atoms with Gasteiger partial charge in [0.05, 0.1) is 29.0 Å². The van der Waals surface area contributed by atoms with Crippen LogP contribution in [0.1, 0.15) is 72.1 Å². The molecule has 240 valence electrons. The number of rotatable bonds is 8. The Kier molecular flexibility index (Phi) is 9.10. The van der Waals surface area contributed by atoms with Gasteiger partial charge in [0.25, 0.3) is 0 Å². The van der Waals surface area contributed by atoms with E-state index >= 15 is 0 Å². The van der Waals surface area contributed by atoms with E-state index in [2.05, 4.69) is 10.3 Å². The number of aryl methyl sites for hydroxylation is 3. The molecular weight excluding hydrogens is 605 g/mol. The summed E-state index contributed by atoms with van der Waals surface area (Å²) < 4.78 is 76.9. The van der Waals surface area contributed by atoms with Crippen molar-refractivity contribution < 1.29 is 31.1 Å². The van der Waals surface area contributed by atoms with Gasteiger partial charge in [0.1, 0.15) is 5.52 Å². The molecule has 0 spiro atoms. The van der Waals surface area contributed by atoms with Crippen molar-refractivity contribution in [3.8, 4) is 0 Å². The van der Waals surface area contributed by atoms with Gasteiger partial charge in [0.2, 0.25) is 10.0 Å². The number of aromatic nitrogens is 3. The second kappa shape index (κ2) is 12.6. The number of hydrogen-bond donors (Lipinski definition) is 0. The maximum Gasteiger partial charge on any atom is 0.416 e. The molecule has 0 amide bonds. The highest BCUT2D eigenvalue weighted by Gasteiger charge is 2.37. The predicted octanol–water partition coefficient (Wildman–Crippen LogP) is 6.56. The lowest BCUT2D eigenvalue weighted by Gasteiger charge is -2.25. The minimum absolute atomic E-state index is 0.0308. The highest BCUT2D eigenvalue weighted by Crippen LogP contribution is 2.38. The largest absolute Gasteiger partial charge is 0.466 e. The summed E-state index contributed by atoms with van der Waals surface area (Å²) in [7, 11) is -4.25. The van der Waals surface area contributed by atoms with Gasteiger partial charge in [-0.25, -0.2) is 13.1 Å². The van der Waals surface area contributed by atoms with Crippen molar-refractivity contribution in [2.24, 2.45) is 5.92 Å². The number of fused-ring (bicyclic) bond motifs is 2. The molecule has 0 N–H and O–H groups in total. The summed E-state index contributed by atoms with van der Waals surface area (Å²) in [4.78, 5) is 12.5. The third-order valence-corrected chi connectivity index (χ3v) is 10.4. The van der Waals surface area contributed by atoms with E-state index in [9.17, 15) is 26.4 Å². The van der Waals surface area contributed by atoms with Crippen molar-refractivity contribution in [3.05, 3.63) is 87.5 Å². The van der Waals surface area contributed by atoms with E-state index in [1.54, 1.807) is 11.6 Å². The molecule has 12 heteroatoms. The van der Waals surface area contributed by atoms with Crippen LogP contribution in [0.3, 0.4) is 0 Å². The van der Waals surface area contributed by atoms with Crippen molar-refractivity contribution in [1.82, 2.24) is 19.3 Å². The smallest absolute Gasteiger partial charge is 0.416 e. The van der Waals surface area contributed by atoms with Gasteiger partial charge in [-0.1, -0.05) is 42.5 Å². The zero-order valence-corrected chi connectivity index (χ0v) is 26.8. The van der Waals surface area contributed by atoms with Crippen LogP contribution in [0.4, 0.5) is 13.2 Å². The van der Waals surface area contributed by atoms with Crippen molar-refractivity contribution >= 4 is 27.0 Å². The van der Waals surface area contributed by atoms with E-state index in [0.717, 1.165) is 45.4 Å². The highest BCUT2D eigenvalue weighted by atomic mass is 32.2. The summed E-state index contributed by atoms with van der Waals surface area (Å²) in [6.45, 7) is 10.4. The zero-order chi connectivity index (χ0) is 32.7. The van der Waals surface area contributed by atoms with Crippen LogP contribution in [0.2, 0.25) is 0 Å². The molecule has 4 aromatic rings. The number of ether oxygens (including phenoxy) is 1. The monoisotopic (exact) mass is 642 g/mol. The first-order valence-corrected chi connectivity index (χ1v) is 16.5. The van der Waals surface area contributed by atoms with E-state index in [0.29, 0.717) is 24.1 Å². The van der Waals surface area contributed by atoms with Crippen LogP contribution in [-0.2, 0) is 45.2 Å². The van der Waals surface area contributed by atoms with Crippen molar-refractivity contribution in [3.63, 3.8) is 0 Å². The fourth-order valence-corrected chi connectivity index (χ4v) is 7.97. The molecule has 1 aliphatic rings. The number of nitrogens with zero attached hydrogens (tertiary/aromatic N) is 4. The number of hydrogen-bond acceptors (Lipinski definition) is 6. The van der Waals surface area contributed by atoms with Gasteiger partial charge in [0, 0.05) is 25.6 Å². The molecule has 0 radical (unpaired) electrons. The van der Waals surface area contributed by atoms with Crippen molar-refractivity contribution in [2.75, 3.05) is 13.2 Å². The fraction of sp³-hybridized carbons (Fsp3) is 0.424. The first kappa shape index (κ1) is 32.6. The minimum Gasteiger partial charge on any atom is -0.466 e. The summed E-state index contributed by atoms with van der Waals surface area (Å²) >= 11 is 0. The highest BCUT2D eigenvalue weighted by molar-refractivity contribution is 7.89. The van der Waals surface area contributed by atoms with Crippen LogP contribution < -0.4 is 0 Å². The molecule has 0 saturated carbocycles. The molecule has 0 saturated heterocycles. The molecule has 0 aliphatic carbocycles. The predicted molar refractivity (Wildman–Crippen MR) is 164 cm³/mol. The standard InChI is InChI=1S/C33H37F3N4O4S/c1-6-40-29-13-12-27(22(5)32(29)37-38-40)28(17-31(41)44-7-2)23-9-8-21(4)25(15-23)19-39-18-20(3)14-24-10-11-26(33(34,35)36)16-30(24)45(39,42)43/h8-13,15-16,20,28H,6-7,14,17-19H2,1-5H3/t20-,28-/m0/s1. The van der Waals surface area contributed by atoms with Gasteiger partial charge < -0.3 is 4.74 Å². The number of carbonyl (C=O) groups is 1. The van der Waals surface area contributed by atoms with Crippen LogP contribution in [0, 0.1) is 19.8 Å². The molecule has 0 unspecified atom stereocenters. The lowest BCUT2D eigenvalue weighted by atomic mass is 9.84. The Balaban J connectivity index is 1.56. The second-order valence-electron chi connectivity index (χ2n) is 11.7. The van der Waals surface area contributed by atoms with Crippen molar-refractivity contribution in [1.29, 1.82) is 0 Å². The molecule has 2 heterocycles. The number of esters is 1. The van der Waals surface area contributed by atoms with E-state index in [1.165, 1.54) is 10.4 Å². The molecule has 2 atom stereocenters. The normalized spacial score (nSPS) is 17.6. The second-order valence-corrected chi connectivity index (χ2v) is 13.6. The maximum absolute atomic E-state index is 13.9. The molecular formula is C33H37F3N4O4S. The number of carbonyl (C=O) groups excluding carboxylic acids is 1. The number of benzene rings is 3. The molecule has 1 aromatic heterocycles. The zero-order valence-electron chi connectivity index (χ0n) is 26.0. The van der Waals surface area contributed by atoms with Gasteiger partial charge in [-0.2, -0.15) is 17.5 Å². The lowest BCUT2D eigenvalue weighted by molar-refractivity contribution is -0.143. The minimum atomic E-state index is -4.67. The van der Waals surface area contributed by atoms with E-state index in [4.69, 9.17) is 4.74 Å². The molecule has 5 rings (SSSR count). The Morgan fingerprint density at radius 3 is 2.53 bits per heavy atom.